The highest BCUT2D eigenvalue weighted by atomic mass is 16.5. The van der Waals surface area contributed by atoms with E-state index in [1.807, 2.05) is 18.0 Å². The van der Waals surface area contributed by atoms with Gasteiger partial charge in [-0.2, -0.15) is 0 Å². The SMILES string of the molecule is CNC[C@H](CC1CCCCC1)NC(=O)N1CCC[C@@H]([C@@H](OCCNC(=O)O)c2cccc(C)c2)C1. The highest BCUT2D eigenvalue weighted by Crippen LogP contribution is 2.33. The van der Waals surface area contributed by atoms with Crippen molar-refractivity contribution in [3.63, 3.8) is 0 Å². The molecule has 8 nitrogen and oxygen atoms in total. The predicted molar refractivity (Wildman–Crippen MR) is 138 cm³/mol. The first-order chi connectivity index (χ1) is 17.0. The van der Waals surface area contributed by atoms with Crippen molar-refractivity contribution in [2.24, 2.45) is 11.8 Å². The molecule has 3 amide bonds. The summed E-state index contributed by atoms with van der Waals surface area (Å²) in [5.74, 6) is 0.859. The van der Waals surface area contributed by atoms with Crippen molar-refractivity contribution in [3.8, 4) is 0 Å². The molecule has 3 atom stereocenters. The normalized spacial score (nSPS) is 20.7. The Hall–Kier alpha value is -2.32. The molecule has 0 spiro atoms. The fraction of sp³-hybridized carbons (Fsp3) is 0.704. The van der Waals surface area contributed by atoms with Gasteiger partial charge in [-0.25, -0.2) is 9.59 Å². The van der Waals surface area contributed by atoms with Gasteiger partial charge in [0.1, 0.15) is 0 Å². The number of urea groups is 1. The van der Waals surface area contributed by atoms with Crippen LogP contribution in [0.25, 0.3) is 0 Å². The topological polar surface area (TPSA) is 103 Å². The van der Waals surface area contributed by atoms with Gasteiger partial charge in [0.25, 0.3) is 0 Å². The molecule has 0 unspecified atom stereocenters. The summed E-state index contributed by atoms with van der Waals surface area (Å²) in [6, 6.07) is 8.43. The lowest BCUT2D eigenvalue weighted by Crippen LogP contribution is -2.52. The second kappa shape index (κ2) is 14.3. The zero-order valence-electron chi connectivity index (χ0n) is 21.4. The minimum atomic E-state index is -1.05. The number of nitrogens with zero attached hydrogens (tertiary/aromatic N) is 1. The Bertz CT molecular complexity index is 799. The molecule has 1 saturated carbocycles. The molecule has 2 aliphatic rings. The summed E-state index contributed by atoms with van der Waals surface area (Å²) in [5.41, 5.74) is 2.24. The van der Waals surface area contributed by atoms with Crippen molar-refractivity contribution in [2.45, 2.75) is 70.4 Å². The van der Waals surface area contributed by atoms with Crippen molar-refractivity contribution in [2.75, 3.05) is 39.8 Å². The van der Waals surface area contributed by atoms with E-state index in [2.05, 4.69) is 41.1 Å². The summed E-state index contributed by atoms with van der Waals surface area (Å²) >= 11 is 0. The monoisotopic (exact) mass is 488 g/mol. The molecule has 0 aromatic heterocycles. The lowest BCUT2D eigenvalue weighted by Gasteiger charge is -2.38. The Kier molecular flexibility index (Phi) is 11.1. The van der Waals surface area contributed by atoms with Gasteiger partial charge in [-0.05, 0) is 44.7 Å². The molecule has 0 bridgehead atoms. The second-order valence-electron chi connectivity index (χ2n) is 10.2. The minimum absolute atomic E-state index is 0.0151. The molecule has 1 aromatic carbocycles. The lowest BCUT2D eigenvalue weighted by molar-refractivity contribution is -0.00854. The Morgan fingerprint density at radius 1 is 1.17 bits per heavy atom. The molecule has 1 saturated heterocycles. The summed E-state index contributed by atoms with van der Waals surface area (Å²) in [7, 11) is 1.94. The number of benzene rings is 1. The van der Waals surface area contributed by atoms with Gasteiger partial charge in [0.15, 0.2) is 0 Å². The van der Waals surface area contributed by atoms with Crippen LogP contribution < -0.4 is 16.0 Å². The molecule has 1 aromatic rings. The average molecular weight is 489 g/mol. The molecule has 1 heterocycles. The molecular formula is C27H44N4O4. The van der Waals surface area contributed by atoms with Gasteiger partial charge >= 0.3 is 12.1 Å². The molecular weight excluding hydrogens is 444 g/mol. The standard InChI is InChI=1S/C27H44N4O4/c1-20-8-6-11-22(16-20)25(35-15-13-29-27(33)34)23-12-7-14-31(19-23)26(32)30-24(18-28-2)17-21-9-4-3-5-10-21/h6,8,11,16,21,23-25,28-29H,3-5,7,9-10,12-15,17-19H2,1-2H3,(H,30,32)(H,33,34)/t23-,24+,25+/m1/s1. The number of carboxylic acid groups (broad SMARTS) is 1. The van der Waals surface area contributed by atoms with Gasteiger partial charge in [-0.1, -0.05) is 61.9 Å². The summed E-state index contributed by atoms with van der Waals surface area (Å²) in [4.78, 5) is 26.1. The van der Waals surface area contributed by atoms with E-state index >= 15 is 0 Å². The highest BCUT2D eigenvalue weighted by Gasteiger charge is 2.32. The quantitative estimate of drug-likeness (QED) is 0.348. The van der Waals surface area contributed by atoms with Crippen LogP contribution in [-0.2, 0) is 4.74 Å². The minimum Gasteiger partial charge on any atom is -0.465 e. The zero-order valence-corrected chi connectivity index (χ0v) is 21.4. The molecule has 2 fully saturated rings. The molecule has 196 valence electrons. The second-order valence-corrected chi connectivity index (χ2v) is 10.2. The van der Waals surface area contributed by atoms with E-state index in [9.17, 15) is 9.59 Å². The maximum absolute atomic E-state index is 13.3. The van der Waals surface area contributed by atoms with Gasteiger partial charge in [-0.15, -0.1) is 0 Å². The highest BCUT2D eigenvalue weighted by molar-refractivity contribution is 5.74. The molecule has 3 rings (SSSR count). The molecule has 4 N–H and O–H groups in total. The van der Waals surface area contributed by atoms with Crippen LogP contribution in [0.1, 0.15) is 68.6 Å². The molecule has 35 heavy (non-hydrogen) atoms. The molecule has 1 aliphatic heterocycles. The molecule has 0 radical (unpaired) electrons. The van der Waals surface area contributed by atoms with Crippen LogP contribution >= 0.6 is 0 Å². The Labute approximate surface area is 210 Å². The molecule has 1 aliphatic carbocycles. The summed E-state index contributed by atoms with van der Waals surface area (Å²) in [5, 5.41) is 17.8. The van der Waals surface area contributed by atoms with Gasteiger partial charge in [-0.3, -0.25) is 0 Å². The Balaban J connectivity index is 1.62. The molecule has 8 heteroatoms. The fourth-order valence-corrected chi connectivity index (χ4v) is 5.67. The van der Waals surface area contributed by atoms with Crippen LogP contribution in [0, 0.1) is 18.8 Å². The van der Waals surface area contributed by atoms with Crippen molar-refractivity contribution < 1.29 is 19.4 Å². The van der Waals surface area contributed by atoms with Crippen LogP contribution in [0.5, 0.6) is 0 Å². The van der Waals surface area contributed by atoms with E-state index in [0.717, 1.165) is 43.5 Å². The number of ether oxygens (including phenoxy) is 1. The first-order valence-corrected chi connectivity index (χ1v) is 13.3. The van der Waals surface area contributed by atoms with Crippen LogP contribution in [-0.4, -0.2) is 68.0 Å². The number of hydrogen-bond donors (Lipinski definition) is 4. The maximum atomic E-state index is 13.3. The van der Waals surface area contributed by atoms with Crippen molar-refractivity contribution in [3.05, 3.63) is 35.4 Å². The number of likely N-dealkylation sites (N-methyl/N-ethyl adjacent to an activating group) is 1. The summed E-state index contributed by atoms with van der Waals surface area (Å²) in [6.45, 7) is 4.75. The third-order valence-corrected chi connectivity index (χ3v) is 7.34. The number of hydrogen-bond acceptors (Lipinski definition) is 4. The van der Waals surface area contributed by atoms with E-state index in [4.69, 9.17) is 9.84 Å². The van der Waals surface area contributed by atoms with E-state index < -0.39 is 6.09 Å². The van der Waals surface area contributed by atoms with Gasteiger partial charge in [0.2, 0.25) is 0 Å². The number of carbonyl (C=O) groups is 2. The number of carbonyl (C=O) groups excluding carboxylic acids is 1. The number of nitrogens with one attached hydrogen (secondary N) is 3. The average Bonchev–Trinajstić information content (AvgIpc) is 2.84. The van der Waals surface area contributed by atoms with E-state index in [1.165, 1.54) is 32.1 Å². The van der Waals surface area contributed by atoms with Gasteiger partial charge < -0.3 is 30.7 Å². The van der Waals surface area contributed by atoms with Crippen LogP contribution in [0.15, 0.2) is 24.3 Å². The fourth-order valence-electron chi connectivity index (χ4n) is 5.67. The third kappa shape index (κ3) is 9.00. The van der Waals surface area contributed by atoms with E-state index in [0.29, 0.717) is 19.1 Å². The number of likely N-dealkylation sites (tertiary alicyclic amines) is 1. The predicted octanol–water partition coefficient (Wildman–Crippen LogP) is 4.30. The van der Waals surface area contributed by atoms with Crippen LogP contribution in [0.4, 0.5) is 9.59 Å². The van der Waals surface area contributed by atoms with E-state index in [1.54, 1.807) is 0 Å². The van der Waals surface area contributed by atoms with Gasteiger partial charge in [0.05, 0.1) is 12.7 Å². The van der Waals surface area contributed by atoms with Crippen LogP contribution in [0.3, 0.4) is 0 Å². The zero-order chi connectivity index (χ0) is 25.0. The smallest absolute Gasteiger partial charge is 0.404 e. The van der Waals surface area contributed by atoms with Gasteiger partial charge in [0, 0.05) is 38.1 Å². The first-order valence-electron chi connectivity index (χ1n) is 13.3. The summed E-state index contributed by atoms with van der Waals surface area (Å²) in [6.07, 6.45) is 8.19. The number of amides is 3. The first kappa shape index (κ1) is 27.3. The Morgan fingerprint density at radius 2 is 1.97 bits per heavy atom. The Morgan fingerprint density at radius 3 is 2.69 bits per heavy atom. The number of rotatable bonds is 11. The largest absolute Gasteiger partial charge is 0.465 e. The number of aryl methyl sites for hydroxylation is 1. The summed E-state index contributed by atoms with van der Waals surface area (Å²) < 4.78 is 6.23. The third-order valence-electron chi connectivity index (χ3n) is 7.34. The van der Waals surface area contributed by atoms with Crippen molar-refractivity contribution in [1.82, 2.24) is 20.9 Å². The van der Waals surface area contributed by atoms with Crippen molar-refractivity contribution >= 4 is 12.1 Å². The van der Waals surface area contributed by atoms with E-state index in [-0.39, 0.29) is 30.6 Å². The number of piperidine rings is 1. The lowest BCUT2D eigenvalue weighted by atomic mass is 9.85. The van der Waals surface area contributed by atoms with Crippen molar-refractivity contribution in [1.29, 1.82) is 0 Å². The maximum Gasteiger partial charge on any atom is 0.404 e. The van der Waals surface area contributed by atoms with Crippen LogP contribution in [0.2, 0.25) is 0 Å².